The second-order valence-corrected chi connectivity index (χ2v) is 6.79. The molecule has 0 radical (unpaired) electrons. The summed E-state index contributed by atoms with van der Waals surface area (Å²) in [6, 6.07) is 2.05. The van der Waals surface area contributed by atoms with Crippen LogP contribution in [0.15, 0.2) is 23.1 Å². The maximum Gasteiger partial charge on any atom is 0.412 e. The summed E-state index contributed by atoms with van der Waals surface area (Å²) in [4.78, 5) is 35.7. The van der Waals surface area contributed by atoms with Crippen molar-refractivity contribution in [1.82, 2.24) is 4.57 Å². The first kappa shape index (κ1) is 17.1. The first-order valence-electron chi connectivity index (χ1n) is 7.61. The van der Waals surface area contributed by atoms with Gasteiger partial charge in [-0.05, 0) is 45.2 Å². The molecule has 1 aliphatic rings. The molecule has 1 saturated carbocycles. The molecule has 23 heavy (non-hydrogen) atoms. The van der Waals surface area contributed by atoms with Gasteiger partial charge in [-0.15, -0.1) is 0 Å². The van der Waals surface area contributed by atoms with E-state index in [0.29, 0.717) is 12.3 Å². The molecule has 1 fully saturated rings. The molecule has 0 aromatic carbocycles. The van der Waals surface area contributed by atoms with Crippen molar-refractivity contribution in [3.8, 4) is 0 Å². The van der Waals surface area contributed by atoms with Crippen LogP contribution >= 0.6 is 0 Å². The Kier molecular flexibility index (Phi) is 4.77. The standard InChI is InChI=1S/C16H22N2O5/c1-16(2,3)23-15(22)17-11-5-4-8-18(13(11)19)12(14(20)21)9-10-6-7-10/h4-5,8,10,12H,6-7,9H2,1-3H3,(H,17,22)(H,20,21)/t12-/m0/s1. The highest BCUT2D eigenvalue weighted by molar-refractivity contribution is 5.84. The number of aliphatic carboxylic acids is 1. The van der Waals surface area contributed by atoms with Crippen LogP contribution in [0.1, 0.15) is 46.1 Å². The van der Waals surface area contributed by atoms with E-state index in [4.69, 9.17) is 4.74 Å². The van der Waals surface area contributed by atoms with E-state index >= 15 is 0 Å². The monoisotopic (exact) mass is 322 g/mol. The zero-order valence-corrected chi connectivity index (χ0v) is 13.5. The van der Waals surface area contributed by atoms with Gasteiger partial charge in [0, 0.05) is 6.20 Å². The van der Waals surface area contributed by atoms with Crippen molar-refractivity contribution in [3.05, 3.63) is 28.7 Å². The molecular formula is C16H22N2O5. The highest BCUT2D eigenvalue weighted by atomic mass is 16.6. The molecule has 0 spiro atoms. The van der Waals surface area contributed by atoms with Crippen molar-refractivity contribution < 1.29 is 19.4 Å². The molecule has 0 saturated heterocycles. The SMILES string of the molecule is CC(C)(C)OC(=O)Nc1cccn([C@@H](CC2CC2)C(=O)O)c1=O. The van der Waals surface area contributed by atoms with Gasteiger partial charge in [0.1, 0.15) is 17.3 Å². The summed E-state index contributed by atoms with van der Waals surface area (Å²) in [5, 5.41) is 11.8. The summed E-state index contributed by atoms with van der Waals surface area (Å²) in [6.07, 6.45) is 3.10. The van der Waals surface area contributed by atoms with Crippen LogP contribution in [0.4, 0.5) is 10.5 Å². The minimum Gasteiger partial charge on any atom is -0.480 e. The molecule has 7 heteroatoms. The molecule has 0 bridgehead atoms. The third kappa shape index (κ3) is 4.84. The summed E-state index contributed by atoms with van der Waals surface area (Å²) < 4.78 is 6.26. The number of hydrogen-bond acceptors (Lipinski definition) is 4. The van der Waals surface area contributed by atoms with Gasteiger partial charge in [-0.1, -0.05) is 12.8 Å². The van der Waals surface area contributed by atoms with Gasteiger partial charge >= 0.3 is 12.1 Å². The Hall–Kier alpha value is -2.31. The topological polar surface area (TPSA) is 97.6 Å². The number of carbonyl (C=O) groups is 2. The molecule has 1 atom stereocenters. The normalized spacial score (nSPS) is 15.8. The van der Waals surface area contributed by atoms with Gasteiger partial charge < -0.3 is 9.84 Å². The lowest BCUT2D eigenvalue weighted by atomic mass is 10.1. The number of hydrogen-bond donors (Lipinski definition) is 2. The quantitative estimate of drug-likeness (QED) is 0.868. The predicted octanol–water partition coefficient (Wildman–Crippen LogP) is 2.62. The van der Waals surface area contributed by atoms with Crippen molar-refractivity contribution in [2.24, 2.45) is 5.92 Å². The average molecular weight is 322 g/mol. The fraction of sp³-hybridized carbons (Fsp3) is 0.562. The van der Waals surface area contributed by atoms with Crippen LogP contribution < -0.4 is 10.9 Å². The average Bonchev–Trinajstić information content (AvgIpc) is 3.20. The molecule has 1 amide bonds. The van der Waals surface area contributed by atoms with Gasteiger partial charge in [-0.25, -0.2) is 9.59 Å². The van der Waals surface area contributed by atoms with Gasteiger partial charge in [0.2, 0.25) is 0 Å². The summed E-state index contributed by atoms with van der Waals surface area (Å²) in [6.45, 7) is 5.14. The van der Waals surface area contributed by atoms with Gasteiger partial charge in [-0.2, -0.15) is 0 Å². The van der Waals surface area contributed by atoms with Crippen LogP contribution in [-0.4, -0.2) is 27.3 Å². The van der Waals surface area contributed by atoms with Gasteiger partial charge in [0.15, 0.2) is 0 Å². The van der Waals surface area contributed by atoms with Crippen LogP contribution in [-0.2, 0) is 9.53 Å². The highest BCUT2D eigenvalue weighted by Crippen LogP contribution is 2.36. The van der Waals surface area contributed by atoms with Crippen LogP contribution in [0.25, 0.3) is 0 Å². The number of aromatic nitrogens is 1. The molecule has 1 aliphatic carbocycles. The van der Waals surface area contributed by atoms with E-state index in [1.165, 1.54) is 18.3 Å². The van der Waals surface area contributed by atoms with Crippen molar-refractivity contribution in [2.45, 2.75) is 51.7 Å². The predicted molar refractivity (Wildman–Crippen MR) is 84.6 cm³/mol. The van der Waals surface area contributed by atoms with E-state index in [2.05, 4.69) is 5.32 Å². The minimum absolute atomic E-state index is 0.00352. The van der Waals surface area contributed by atoms with Crippen LogP contribution in [0.2, 0.25) is 0 Å². The van der Waals surface area contributed by atoms with Crippen LogP contribution in [0.5, 0.6) is 0 Å². The third-order valence-corrected chi connectivity index (χ3v) is 3.48. The fourth-order valence-electron chi connectivity index (χ4n) is 2.27. The van der Waals surface area contributed by atoms with Crippen molar-refractivity contribution in [3.63, 3.8) is 0 Å². The number of nitrogens with zero attached hydrogens (tertiary/aromatic N) is 1. The van der Waals surface area contributed by atoms with Crippen LogP contribution in [0.3, 0.4) is 0 Å². The maximum absolute atomic E-state index is 12.4. The van der Waals surface area contributed by atoms with Crippen LogP contribution in [0, 0.1) is 5.92 Å². The van der Waals surface area contributed by atoms with E-state index in [9.17, 15) is 19.5 Å². The number of pyridine rings is 1. The summed E-state index contributed by atoms with van der Waals surface area (Å²) in [7, 11) is 0. The number of anilines is 1. The molecular weight excluding hydrogens is 300 g/mol. The Bertz CT molecular complexity index is 655. The second kappa shape index (κ2) is 6.44. The van der Waals surface area contributed by atoms with Crippen molar-refractivity contribution in [1.29, 1.82) is 0 Å². The lowest BCUT2D eigenvalue weighted by Crippen LogP contribution is -2.33. The largest absolute Gasteiger partial charge is 0.480 e. The molecule has 2 rings (SSSR count). The summed E-state index contributed by atoms with van der Waals surface area (Å²) in [5.74, 6) is -0.695. The fourth-order valence-corrected chi connectivity index (χ4v) is 2.27. The Morgan fingerprint density at radius 3 is 2.61 bits per heavy atom. The number of carboxylic acid groups (broad SMARTS) is 1. The lowest BCUT2D eigenvalue weighted by Gasteiger charge is -2.20. The number of carbonyl (C=O) groups excluding carboxylic acids is 1. The molecule has 126 valence electrons. The summed E-state index contributed by atoms with van der Waals surface area (Å²) in [5.41, 5.74) is -1.23. The van der Waals surface area contributed by atoms with Gasteiger partial charge in [0.05, 0.1) is 0 Å². The molecule has 1 heterocycles. The highest BCUT2D eigenvalue weighted by Gasteiger charge is 2.31. The smallest absolute Gasteiger partial charge is 0.412 e. The number of rotatable bonds is 5. The Morgan fingerprint density at radius 2 is 2.09 bits per heavy atom. The van der Waals surface area contributed by atoms with E-state index in [1.807, 2.05) is 0 Å². The number of nitrogens with one attached hydrogen (secondary N) is 1. The molecule has 1 aromatic heterocycles. The molecule has 0 aliphatic heterocycles. The van der Waals surface area contributed by atoms with Gasteiger partial charge in [0.25, 0.3) is 5.56 Å². The first-order valence-corrected chi connectivity index (χ1v) is 7.61. The van der Waals surface area contributed by atoms with E-state index in [1.54, 1.807) is 20.8 Å². The first-order chi connectivity index (χ1) is 10.7. The van der Waals surface area contributed by atoms with E-state index in [0.717, 1.165) is 17.4 Å². The number of ether oxygens (including phenoxy) is 1. The Balaban J connectivity index is 2.21. The lowest BCUT2D eigenvalue weighted by molar-refractivity contribution is -0.141. The summed E-state index contributed by atoms with van der Waals surface area (Å²) >= 11 is 0. The zero-order valence-electron chi connectivity index (χ0n) is 13.5. The minimum atomic E-state index is -1.05. The zero-order chi connectivity index (χ0) is 17.2. The number of carboxylic acids is 1. The Morgan fingerprint density at radius 1 is 1.43 bits per heavy atom. The van der Waals surface area contributed by atoms with E-state index in [-0.39, 0.29) is 5.69 Å². The molecule has 0 unspecified atom stereocenters. The molecule has 2 N–H and O–H groups in total. The van der Waals surface area contributed by atoms with Gasteiger partial charge in [-0.3, -0.25) is 14.7 Å². The third-order valence-electron chi connectivity index (χ3n) is 3.48. The second-order valence-electron chi connectivity index (χ2n) is 6.79. The van der Waals surface area contributed by atoms with E-state index < -0.39 is 29.3 Å². The molecule has 1 aromatic rings. The number of amides is 1. The van der Waals surface area contributed by atoms with Crippen molar-refractivity contribution in [2.75, 3.05) is 5.32 Å². The molecule has 7 nitrogen and oxygen atoms in total. The Labute approximate surface area is 134 Å². The van der Waals surface area contributed by atoms with Crippen molar-refractivity contribution >= 4 is 17.7 Å². The maximum atomic E-state index is 12.4.